The van der Waals surface area contributed by atoms with Crippen LogP contribution in [0.4, 0.5) is 0 Å². The molecule has 2 aromatic carbocycles. The molecule has 4 rings (SSSR count). The van der Waals surface area contributed by atoms with E-state index < -0.39 is 15.9 Å². The highest BCUT2D eigenvalue weighted by Crippen LogP contribution is 2.35. The minimum absolute atomic E-state index is 0.0904. The average Bonchev–Trinajstić information content (AvgIpc) is 3.36. The van der Waals surface area contributed by atoms with Gasteiger partial charge in [-0.25, -0.2) is 13.1 Å². The number of ether oxygens (including phenoxy) is 1. The number of aryl methyl sites for hydroxylation is 5. The standard InChI is InChI=1S/C28H34ClN5O4S/c1-16-14-20(15-17(2)25(16)29)38-12-7-10-22-21-8-6-9-23(24-18(3)32-34(5)19(24)4)26(21)31-27(22)28(35)33-39(36,37)13-11-30/h6,8-9,14-15,31H,7,10-13,30H2,1-5H3,(H,33,35). The SMILES string of the molecule is Cc1cc(OCCCc2c(C(=O)NS(=O)(=O)CCN)[nH]c3c(-c4c(C)nn(C)c4C)cccc23)cc(C)c1Cl. The highest BCUT2D eigenvalue weighted by molar-refractivity contribution is 7.90. The molecule has 208 valence electrons. The molecule has 1 amide bonds. The van der Waals surface area contributed by atoms with E-state index in [1.807, 2.05) is 69.8 Å². The number of aromatic nitrogens is 3. The van der Waals surface area contributed by atoms with Crippen LogP contribution in [0.25, 0.3) is 22.0 Å². The first-order chi connectivity index (χ1) is 18.4. The van der Waals surface area contributed by atoms with Gasteiger partial charge < -0.3 is 15.5 Å². The number of nitrogens with two attached hydrogens (primary N) is 1. The van der Waals surface area contributed by atoms with E-state index >= 15 is 0 Å². The van der Waals surface area contributed by atoms with Gasteiger partial charge in [-0.1, -0.05) is 29.8 Å². The average molecular weight is 572 g/mol. The molecule has 0 aliphatic rings. The molecule has 0 atom stereocenters. The molecule has 2 heterocycles. The lowest BCUT2D eigenvalue weighted by Crippen LogP contribution is -2.35. The van der Waals surface area contributed by atoms with Crippen molar-refractivity contribution >= 4 is 38.4 Å². The van der Waals surface area contributed by atoms with Crippen LogP contribution in [-0.4, -0.2) is 48.0 Å². The van der Waals surface area contributed by atoms with Crippen molar-refractivity contribution in [2.45, 2.75) is 40.5 Å². The Balaban J connectivity index is 1.70. The number of nitrogens with zero attached hydrogens (tertiary/aromatic N) is 2. The Bertz CT molecular complexity index is 1630. The van der Waals surface area contributed by atoms with Gasteiger partial charge in [-0.2, -0.15) is 5.10 Å². The van der Waals surface area contributed by atoms with Crippen LogP contribution >= 0.6 is 11.6 Å². The van der Waals surface area contributed by atoms with E-state index in [2.05, 4.69) is 14.8 Å². The quantitative estimate of drug-likeness (QED) is 0.240. The van der Waals surface area contributed by atoms with Gasteiger partial charge in [-0.05, 0) is 69.4 Å². The van der Waals surface area contributed by atoms with Crippen molar-refractivity contribution in [3.05, 3.63) is 69.1 Å². The number of benzene rings is 2. The second-order valence-electron chi connectivity index (χ2n) is 9.74. The fourth-order valence-corrected chi connectivity index (χ4v) is 5.83. The second kappa shape index (κ2) is 11.4. The van der Waals surface area contributed by atoms with E-state index in [0.717, 1.165) is 60.9 Å². The number of amides is 1. The number of hydrogen-bond acceptors (Lipinski definition) is 6. The van der Waals surface area contributed by atoms with Crippen molar-refractivity contribution in [3.63, 3.8) is 0 Å². The van der Waals surface area contributed by atoms with E-state index in [9.17, 15) is 13.2 Å². The maximum atomic E-state index is 13.2. The van der Waals surface area contributed by atoms with E-state index in [0.29, 0.717) is 19.4 Å². The van der Waals surface area contributed by atoms with E-state index in [1.54, 1.807) is 0 Å². The van der Waals surface area contributed by atoms with Crippen LogP contribution in [0.15, 0.2) is 30.3 Å². The number of sulfonamides is 1. The molecule has 0 unspecified atom stereocenters. The number of halogens is 1. The van der Waals surface area contributed by atoms with Crippen molar-refractivity contribution in [2.75, 3.05) is 18.9 Å². The third kappa shape index (κ3) is 5.98. The zero-order chi connectivity index (χ0) is 28.5. The van der Waals surface area contributed by atoms with Crippen LogP contribution in [0.3, 0.4) is 0 Å². The molecule has 4 aromatic rings. The highest BCUT2D eigenvalue weighted by Gasteiger charge is 2.24. The zero-order valence-electron chi connectivity index (χ0n) is 22.8. The molecule has 0 aliphatic carbocycles. The first kappa shape index (κ1) is 28.7. The summed E-state index contributed by atoms with van der Waals surface area (Å²) in [4.78, 5) is 16.5. The molecule has 4 N–H and O–H groups in total. The van der Waals surface area contributed by atoms with Crippen molar-refractivity contribution in [2.24, 2.45) is 12.8 Å². The third-order valence-corrected chi connectivity index (χ3v) is 8.70. The summed E-state index contributed by atoms with van der Waals surface area (Å²) in [5, 5.41) is 6.10. The van der Waals surface area contributed by atoms with Crippen molar-refractivity contribution in [1.82, 2.24) is 19.5 Å². The summed E-state index contributed by atoms with van der Waals surface area (Å²) >= 11 is 6.27. The Kier molecular flexibility index (Phi) is 8.39. The molecular weight excluding hydrogens is 538 g/mol. The van der Waals surface area contributed by atoms with Crippen molar-refractivity contribution < 1.29 is 17.9 Å². The molecule has 2 aromatic heterocycles. The van der Waals surface area contributed by atoms with Gasteiger partial charge in [0, 0.05) is 40.8 Å². The molecule has 11 heteroatoms. The zero-order valence-corrected chi connectivity index (χ0v) is 24.4. The Hall–Kier alpha value is -3.34. The molecule has 0 radical (unpaired) electrons. The summed E-state index contributed by atoms with van der Waals surface area (Å²) in [5.41, 5.74) is 12.7. The number of para-hydroxylation sites is 1. The fourth-order valence-electron chi connectivity index (χ4n) is 4.93. The highest BCUT2D eigenvalue weighted by atomic mass is 35.5. The largest absolute Gasteiger partial charge is 0.494 e. The summed E-state index contributed by atoms with van der Waals surface area (Å²) in [5.74, 6) is -0.337. The lowest BCUT2D eigenvalue weighted by atomic mass is 9.98. The molecule has 0 aliphatic heterocycles. The predicted octanol–water partition coefficient (Wildman–Crippen LogP) is 4.49. The van der Waals surface area contributed by atoms with Crippen LogP contribution in [0.1, 0.15) is 45.0 Å². The Morgan fingerprint density at radius 2 is 1.87 bits per heavy atom. The summed E-state index contributed by atoms with van der Waals surface area (Å²) in [6.45, 7) is 8.10. The normalized spacial score (nSPS) is 11.8. The molecule has 0 fully saturated rings. The number of carbonyl (C=O) groups excluding carboxylic acids is 1. The van der Waals surface area contributed by atoms with Gasteiger partial charge >= 0.3 is 0 Å². The number of nitrogens with one attached hydrogen (secondary N) is 2. The Labute approximate surface area is 233 Å². The summed E-state index contributed by atoms with van der Waals surface area (Å²) in [7, 11) is -1.99. The van der Waals surface area contributed by atoms with Crippen LogP contribution in [-0.2, 0) is 23.5 Å². The molecule has 39 heavy (non-hydrogen) atoms. The van der Waals surface area contributed by atoms with Gasteiger partial charge in [-0.3, -0.25) is 9.48 Å². The number of fused-ring (bicyclic) bond motifs is 1. The minimum atomic E-state index is -3.87. The van der Waals surface area contributed by atoms with Gasteiger partial charge in [0.25, 0.3) is 5.91 Å². The minimum Gasteiger partial charge on any atom is -0.494 e. The summed E-state index contributed by atoms with van der Waals surface area (Å²) in [6.07, 6.45) is 1.08. The van der Waals surface area contributed by atoms with Gasteiger partial charge in [0.05, 0.1) is 23.6 Å². The molecule has 0 bridgehead atoms. The van der Waals surface area contributed by atoms with Crippen LogP contribution in [0.2, 0.25) is 5.02 Å². The number of rotatable bonds is 10. The van der Waals surface area contributed by atoms with Crippen LogP contribution in [0.5, 0.6) is 5.75 Å². The van der Waals surface area contributed by atoms with Crippen molar-refractivity contribution in [3.8, 4) is 16.9 Å². The van der Waals surface area contributed by atoms with Crippen LogP contribution < -0.4 is 15.2 Å². The van der Waals surface area contributed by atoms with Gasteiger partial charge in [0.2, 0.25) is 10.0 Å². The van der Waals surface area contributed by atoms with E-state index in [1.165, 1.54) is 0 Å². The van der Waals surface area contributed by atoms with E-state index in [4.69, 9.17) is 22.1 Å². The first-order valence-electron chi connectivity index (χ1n) is 12.7. The topological polar surface area (TPSA) is 132 Å². The van der Waals surface area contributed by atoms with Gasteiger partial charge in [0.1, 0.15) is 11.4 Å². The third-order valence-electron chi connectivity index (χ3n) is 6.83. The second-order valence-corrected chi connectivity index (χ2v) is 12.0. The van der Waals surface area contributed by atoms with Gasteiger partial charge in [-0.15, -0.1) is 0 Å². The van der Waals surface area contributed by atoms with E-state index in [-0.39, 0.29) is 18.0 Å². The smallest absolute Gasteiger partial charge is 0.281 e. The molecule has 0 saturated carbocycles. The maximum Gasteiger partial charge on any atom is 0.281 e. The monoisotopic (exact) mass is 571 g/mol. The summed E-state index contributed by atoms with van der Waals surface area (Å²) < 4.78 is 34.7. The molecule has 0 saturated heterocycles. The van der Waals surface area contributed by atoms with Crippen LogP contribution in [0, 0.1) is 27.7 Å². The lowest BCUT2D eigenvalue weighted by molar-refractivity contribution is 0.0976. The number of H-pyrrole nitrogens is 1. The van der Waals surface area contributed by atoms with Gasteiger partial charge in [0.15, 0.2) is 0 Å². The molecular formula is C28H34ClN5O4S. The maximum absolute atomic E-state index is 13.2. The lowest BCUT2D eigenvalue weighted by Gasteiger charge is -2.11. The molecule has 0 spiro atoms. The molecule has 9 nitrogen and oxygen atoms in total. The Morgan fingerprint density at radius 1 is 1.18 bits per heavy atom. The Morgan fingerprint density at radius 3 is 2.49 bits per heavy atom. The number of carbonyl (C=O) groups is 1. The fraction of sp³-hybridized carbons (Fsp3) is 0.357. The summed E-state index contributed by atoms with van der Waals surface area (Å²) in [6, 6.07) is 9.63. The number of hydrogen-bond donors (Lipinski definition) is 3. The first-order valence-corrected chi connectivity index (χ1v) is 14.7. The number of aromatic amines is 1. The van der Waals surface area contributed by atoms with Crippen molar-refractivity contribution in [1.29, 1.82) is 0 Å². The predicted molar refractivity (Wildman–Crippen MR) is 155 cm³/mol.